The Labute approximate surface area is 200 Å². The number of nitrogens with one attached hydrogen (secondary N) is 2. The minimum atomic E-state index is -0.816. The van der Waals surface area contributed by atoms with Crippen molar-refractivity contribution in [1.29, 1.82) is 0 Å². The van der Waals surface area contributed by atoms with E-state index in [2.05, 4.69) is 15.7 Å². The third-order valence-corrected chi connectivity index (χ3v) is 5.81. The van der Waals surface area contributed by atoms with Crippen molar-refractivity contribution in [3.05, 3.63) is 42.1 Å². The molecule has 2 N–H and O–H groups in total. The van der Waals surface area contributed by atoms with Crippen molar-refractivity contribution in [2.75, 3.05) is 38.8 Å². The number of anilines is 2. The Morgan fingerprint density at radius 2 is 1.91 bits per heavy atom. The molecule has 2 amide bonds. The van der Waals surface area contributed by atoms with Crippen molar-refractivity contribution < 1.29 is 33.3 Å². The average Bonchev–Trinajstić information content (AvgIpc) is 3.53. The van der Waals surface area contributed by atoms with E-state index in [4.69, 9.17) is 23.7 Å². The number of ether oxygens (including phenoxy) is 5. The smallest absolute Gasteiger partial charge is 0.251 e. The van der Waals surface area contributed by atoms with Gasteiger partial charge >= 0.3 is 0 Å². The van der Waals surface area contributed by atoms with Gasteiger partial charge in [0.1, 0.15) is 11.9 Å². The number of benzene rings is 2. The molecule has 182 valence electrons. The lowest BCUT2D eigenvalue weighted by atomic mass is 10.0. The summed E-state index contributed by atoms with van der Waals surface area (Å²) < 4.78 is 28.3. The zero-order valence-electron chi connectivity index (χ0n) is 19.4. The first kappa shape index (κ1) is 22.5. The SMILES string of the molecule is COCc1nn2c(c1-c1ccc(OC)c(OC)c1)NC(=O)C2CC(=O)Nc1ccc2c(c1)OCO2. The minimum absolute atomic E-state index is 0.104. The second-order valence-corrected chi connectivity index (χ2v) is 7.94. The summed E-state index contributed by atoms with van der Waals surface area (Å²) in [6.45, 7) is 0.360. The van der Waals surface area contributed by atoms with Crippen LogP contribution in [0.1, 0.15) is 18.2 Å². The van der Waals surface area contributed by atoms with Gasteiger partial charge in [0.15, 0.2) is 23.0 Å². The highest BCUT2D eigenvalue weighted by molar-refractivity contribution is 6.04. The zero-order valence-corrected chi connectivity index (χ0v) is 19.4. The zero-order chi connectivity index (χ0) is 24.5. The first-order valence-electron chi connectivity index (χ1n) is 10.9. The van der Waals surface area contributed by atoms with Gasteiger partial charge in [-0.25, -0.2) is 4.68 Å². The maximum atomic E-state index is 12.8. The summed E-state index contributed by atoms with van der Waals surface area (Å²) in [5, 5.41) is 10.3. The Balaban J connectivity index is 1.42. The number of fused-ring (bicyclic) bond motifs is 2. The first-order chi connectivity index (χ1) is 17.0. The van der Waals surface area contributed by atoms with Crippen LogP contribution in [-0.2, 0) is 20.9 Å². The fourth-order valence-electron chi connectivity index (χ4n) is 4.21. The summed E-state index contributed by atoms with van der Waals surface area (Å²) in [4.78, 5) is 25.7. The van der Waals surface area contributed by atoms with Gasteiger partial charge in [-0.1, -0.05) is 6.07 Å². The van der Waals surface area contributed by atoms with Gasteiger partial charge in [-0.05, 0) is 29.8 Å². The molecule has 1 aromatic heterocycles. The molecule has 0 fully saturated rings. The molecular weight excluding hydrogens is 456 g/mol. The van der Waals surface area contributed by atoms with Crippen LogP contribution in [0, 0.1) is 0 Å². The largest absolute Gasteiger partial charge is 0.493 e. The summed E-state index contributed by atoms with van der Waals surface area (Å²) in [5.74, 6) is 2.13. The summed E-state index contributed by atoms with van der Waals surface area (Å²) in [6.07, 6.45) is -0.104. The van der Waals surface area contributed by atoms with E-state index < -0.39 is 6.04 Å². The van der Waals surface area contributed by atoms with Crippen LogP contribution in [0.5, 0.6) is 23.0 Å². The Morgan fingerprint density at radius 3 is 2.69 bits per heavy atom. The van der Waals surface area contributed by atoms with Crippen molar-refractivity contribution >= 4 is 23.3 Å². The molecule has 2 aromatic carbocycles. The van der Waals surface area contributed by atoms with Crippen molar-refractivity contribution in [2.24, 2.45) is 0 Å². The van der Waals surface area contributed by atoms with Crippen LogP contribution in [0.2, 0.25) is 0 Å². The Bertz CT molecular complexity index is 1300. The maximum Gasteiger partial charge on any atom is 0.251 e. The number of carbonyl (C=O) groups excluding carboxylic acids is 2. The van der Waals surface area contributed by atoms with E-state index in [1.165, 1.54) is 0 Å². The lowest BCUT2D eigenvalue weighted by molar-refractivity contribution is -0.123. The van der Waals surface area contributed by atoms with Crippen molar-refractivity contribution in [2.45, 2.75) is 19.1 Å². The fourth-order valence-corrected chi connectivity index (χ4v) is 4.21. The number of hydrogen-bond acceptors (Lipinski definition) is 8. The fraction of sp³-hybridized carbons (Fsp3) is 0.292. The molecule has 11 heteroatoms. The minimum Gasteiger partial charge on any atom is -0.493 e. The number of carbonyl (C=O) groups is 2. The van der Waals surface area contributed by atoms with Gasteiger partial charge in [0.05, 0.1) is 38.5 Å². The topological polar surface area (TPSA) is 122 Å². The molecule has 3 heterocycles. The van der Waals surface area contributed by atoms with E-state index in [-0.39, 0.29) is 31.6 Å². The Kier molecular flexibility index (Phi) is 5.91. The second-order valence-electron chi connectivity index (χ2n) is 7.94. The molecule has 0 spiro atoms. The van der Waals surface area contributed by atoms with E-state index in [1.807, 2.05) is 12.1 Å². The molecule has 0 bridgehead atoms. The molecular formula is C24H24N4O7. The van der Waals surface area contributed by atoms with Gasteiger partial charge in [-0.2, -0.15) is 5.10 Å². The van der Waals surface area contributed by atoms with Crippen molar-refractivity contribution in [3.63, 3.8) is 0 Å². The molecule has 1 unspecified atom stereocenters. The van der Waals surface area contributed by atoms with Crippen LogP contribution in [0.4, 0.5) is 11.5 Å². The van der Waals surface area contributed by atoms with Crippen LogP contribution in [0.3, 0.4) is 0 Å². The standard InChI is InChI=1S/C24H24N4O7/c1-31-11-15-22(13-4-6-17(32-2)19(8-13)33-3)23-26-24(30)16(28(23)27-15)10-21(29)25-14-5-7-18-20(9-14)35-12-34-18/h4-9,16H,10-12H2,1-3H3,(H,25,29)(H,26,30). The van der Waals surface area contributed by atoms with E-state index in [1.54, 1.807) is 50.3 Å². The number of aromatic nitrogens is 2. The highest BCUT2D eigenvalue weighted by atomic mass is 16.7. The van der Waals surface area contributed by atoms with Gasteiger partial charge in [-0.15, -0.1) is 0 Å². The third-order valence-electron chi connectivity index (χ3n) is 5.81. The van der Waals surface area contributed by atoms with Gasteiger partial charge in [-0.3, -0.25) is 9.59 Å². The lowest BCUT2D eigenvalue weighted by Gasteiger charge is -2.11. The van der Waals surface area contributed by atoms with Crippen LogP contribution in [0.25, 0.3) is 11.1 Å². The maximum absolute atomic E-state index is 12.8. The quantitative estimate of drug-likeness (QED) is 0.505. The van der Waals surface area contributed by atoms with Crippen molar-refractivity contribution in [3.8, 4) is 34.1 Å². The van der Waals surface area contributed by atoms with E-state index >= 15 is 0 Å². The molecule has 2 aliphatic rings. The van der Waals surface area contributed by atoms with Crippen LogP contribution in [0.15, 0.2) is 36.4 Å². The van der Waals surface area contributed by atoms with E-state index in [9.17, 15) is 9.59 Å². The molecule has 3 aromatic rings. The van der Waals surface area contributed by atoms with Crippen LogP contribution >= 0.6 is 0 Å². The summed E-state index contributed by atoms with van der Waals surface area (Å²) in [7, 11) is 4.68. The lowest BCUT2D eigenvalue weighted by Crippen LogP contribution is -2.24. The Morgan fingerprint density at radius 1 is 1.11 bits per heavy atom. The van der Waals surface area contributed by atoms with Gasteiger partial charge in [0.2, 0.25) is 12.7 Å². The first-order valence-corrected chi connectivity index (χ1v) is 10.9. The molecule has 0 saturated carbocycles. The van der Waals surface area contributed by atoms with Crippen molar-refractivity contribution in [1.82, 2.24) is 9.78 Å². The molecule has 0 radical (unpaired) electrons. The highest BCUT2D eigenvalue weighted by Crippen LogP contribution is 2.42. The highest BCUT2D eigenvalue weighted by Gasteiger charge is 2.37. The predicted molar refractivity (Wildman–Crippen MR) is 125 cm³/mol. The summed E-state index contributed by atoms with van der Waals surface area (Å²) in [5.41, 5.74) is 2.63. The third kappa shape index (κ3) is 4.10. The van der Waals surface area contributed by atoms with Gasteiger partial charge in [0, 0.05) is 18.9 Å². The van der Waals surface area contributed by atoms with Crippen LogP contribution < -0.4 is 29.6 Å². The normalized spacial score (nSPS) is 15.5. The number of rotatable bonds is 8. The molecule has 1 atom stereocenters. The van der Waals surface area contributed by atoms with E-state index in [0.717, 1.165) is 5.56 Å². The molecule has 0 saturated heterocycles. The summed E-state index contributed by atoms with van der Waals surface area (Å²) in [6, 6.07) is 9.74. The second kappa shape index (κ2) is 9.18. The summed E-state index contributed by atoms with van der Waals surface area (Å²) >= 11 is 0. The predicted octanol–water partition coefficient (Wildman–Crippen LogP) is 2.96. The van der Waals surface area contributed by atoms with Gasteiger partial charge in [0.25, 0.3) is 5.91 Å². The number of hydrogen-bond donors (Lipinski definition) is 2. The van der Waals surface area contributed by atoms with E-state index in [0.29, 0.717) is 45.8 Å². The number of nitrogens with zero attached hydrogens (tertiary/aromatic N) is 2. The monoisotopic (exact) mass is 480 g/mol. The molecule has 11 nitrogen and oxygen atoms in total. The van der Waals surface area contributed by atoms with Crippen LogP contribution in [-0.4, -0.2) is 49.7 Å². The van der Waals surface area contributed by atoms with Gasteiger partial charge < -0.3 is 34.3 Å². The molecule has 0 aliphatic carbocycles. The number of methoxy groups -OCH3 is 3. The Hall–Kier alpha value is -4.25. The average molecular weight is 480 g/mol. The number of amides is 2. The molecule has 35 heavy (non-hydrogen) atoms. The molecule has 2 aliphatic heterocycles. The molecule has 5 rings (SSSR count).